The molecule has 0 saturated carbocycles. The second kappa shape index (κ2) is 5.29. The number of rotatable bonds is 5. The van der Waals surface area contributed by atoms with Crippen molar-refractivity contribution < 1.29 is 9.84 Å². The first kappa shape index (κ1) is 8.71. The lowest BCUT2D eigenvalue weighted by Crippen LogP contribution is -2.02. The Morgan fingerprint density at radius 3 is 3.00 bits per heavy atom. The lowest BCUT2D eigenvalue weighted by atomic mass is 10.3. The minimum atomic E-state index is 0.115. The van der Waals surface area contributed by atoms with Crippen molar-refractivity contribution in [2.75, 3.05) is 19.8 Å². The summed E-state index contributed by atoms with van der Waals surface area (Å²) < 4.78 is 5.11. The molecule has 1 heterocycles. The predicted molar refractivity (Wildman–Crippen MR) is 45.9 cm³/mol. The maximum atomic E-state index is 8.40. The van der Waals surface area contributed by atoms with Gasteiger partial charge in [0.1, 0.15) is 0 Å². The van der Waals surface area contributed by atoms with Crippen molar-refractivity contribution in [2.45, 2.75) is 6.42 Å². The van der Waals surface area contributed by atoms with E-state index in [2.05, 4.69) is 16.8 Å². The van der Waals surface area contributed by atoms with Crippen LogP contribution in [-0.2, 0) is 11.2 Å². The smallest absolute Gasteiger partial charge is 0.0697 e. The SMILES string of the molecule is OCCOCCc1ccsc1. The van der Waals surface area contributed by atoms with E-state index in [-0.39, 0.29) is 6.61 Å². The van der Waals surface area contributed by atoms with Crippen LogP contribution < -0.4 is 0 Å². The van der Waals surface area contributed by atoms with E-state index in [0.29, 0.717) is 13.2 Å². The normalized spacial score (nSPS) is 10.3. The van der Waals surface area contributed by atoms with E-state index < -0.39 is 0 Å². The molecule has 0 amide bonds. The number of aliphatic hydroxyl groups is 1. The van der Waals surface area contributed by atoms with Crippen LogP contribution in [0.3, 0.4) is 0 Å². The molecule has 0 unspecified atom stereocenters. The standard InChI is InChI=1S/C8H12O2S/c9-3-5-10-4-1-8-2-6-11-7-8/h2,6-7,9H,1,3-5H2. The quantitative estimate of drug-likeness (QED) is 0.678. The highest BCUT2D eigenvalue weighted by Crippen LogP contribution is 2.06. The molecule has 0 spiro atoms. The highest BCUT2D eigenvalue weighted by molar-refractivity contribution is 7.07. The molecule has 0 aliphatic heterocycles. The van der Waals surface area contributed by atoms with E-state index in [1.165, 1.54) is 5.56 Å². The van der Waals surface area contributed by atoms with Gasteiger partial charge >= 0.3 is 0 Å². The monoisotopic (exact) mass is 172 g/mol. The van der Waals surface area contributed by atoms with E-state index in [4.69, 9.17) is 9.84 Å². The highest BCUT2D eigenvalue weighted by Gasteiger charge is 1.91. The molecule has 0 saturated heterocycles. The van der Waals surface area contributed by atoms with Gasteiger partial charge in [-0.05, 0) is 28.8 Å². The molecule has 0 aliphatic rings. The van der Waals surface area contributed by atoms with Gasteiger partial charge in [0.2, 0.25) is 0 Å². The van der Waals surface area contributed by atoms with E-state index in [1.807, 2.05) is 0 Å². The zero-order chi connectivity index (χ0) is 7.94. The van der Waals surface area contributed by atoms with Gasteiger partial charge in [0.05, 0.1) is 19.8 Å². The van der Waals surface area contributed by atoms with Crippen LogP contribution in [0.4, 0.5) is 0 Å². The van der Waals surface area contributed by atoms with Gasteiger partial charge in [0.25, 0.3) is 0 Å². The number of thiophene rings is 1. The lowest BCUT2D eigenvalue weighted by Gasteiger charge is -1.98. The molecular formula is C8H12O2S. The van der Waals surface area contributed by atoms with Crippen molar-refractivity contribution in [3.8, 4) is 0 Å². The van der Waals surface area contributed by atoms with E-state index in [1.54, 1.807) is 11.3 Å². The Balaban J connectivity index is 2.04. The van der Waals surface area contributed by atoms with Crippen molar-refractivity contribution in [3.63, 3.8) is 0 Å². The minimum Gasteiger partial charge on any atom is -0.394 e. The zero-order valence-corrected chi connectivity index (χ0v) is 7.14. The second-order valence-electron chi connectivity index (χ2n) is 2.22. The highest BCUT2D eigenvalue weighted by atomic mass is 32.1. The Labute approximate surface area is 70.4 Å². The topological polar surface area (TPSA) is 29.5 Å². The largest absolute Gasteiger partial charge is 0.394 e. The fourth-order valence-corrected chi connectivity index (χ4v) is 1.49. The average molecular weight is 172 g/mol. The fraction of sp³-hybridized carbons (Fsp3) is 0.500. The van der Waals surface area contributed by atoms with Crippen LogP contribution in [0.2, 0.25) is 0 Å². The maximum absolute atomic E-state index is 8.40. The first-order chi connectivity index (χ1) is 5.43. The van der Waals surface area contributed by atoms with Gasteiger partial charge in [-0.2, -0.15) is 11.3 Å². The molecule has 1 aromatic rings. The summed E-state index contributed by atoms with van der Waals surface area (Å²) in [5.74, 6) is 0. The molecular weight excluding hydrogens is 160 g/mol. The molecule has 1 rings (SSSR count). The molecule has 0 aromatic carbocycles. The molecule has 0 radical (unpaired) electrons. The number of hydrogen-bond donors (Lipinski definition) is 1. The Kier molecular flexibility index (Phi) is 4.19. The first-order valence-corrected chi connectivity index (χ1v) is 4.57. The third kappa shape index (κ3) is 3.51. The van der Waals surface area contributed by atoms with Gasteiger partial charge in [-0.15, -0.1) is 0 Å². The van der Waals surface area contributed by atoms with Crippen molar-refractivity contribution >= 4 is 11.3 Å². The number of hydrogen-bond acceptors (Lipinski definition) is 3. The van der Waals surface area contributed by atoms with Crippen LogP contribution in [0.15, 0.2) is 16.8 Å². The Bertz CT molecular complexity index is 172. The minimum absolute atomic E-state index is 0.115. The van der Waals surface area contributed by atoms with Crippen molar-refractivity contribution in [3.05, 3.63) is 22.4 Å². The van der Waals surface area contributed by atoms with Crippen molar-refractivity contribution in [1.29, 1.82) is 0 Å². The molecule has 0 atom stereocenters. The summed E-state index contributed by atoms with van der Waals surface area (Å²) in [6.07, 6.45) is 0.948. The summed E-state index contributed by atoms with van der Waals surface area (Å²) in [6.45, 7) is 1.27. The van der Waals surface area contributed by atoms with E-state index in [9.17, 15) is 0 Å². The first-order valence-electron chi connectivity index (χ1n) is 3.63. The van der Waals surface area contributed by atoms with Crippen molar-refractivity contribution in [1.82, 2.24) is 0 Å². The summed E-state index contributed by atoms with van der Waals surface area (Å²) in [4.78, 5) is 0. The van der Waals surface area contributed by atoms with Gasteiger partial charge in [-0.3, -0.25) is 0 Å². The van der Waals surface area contributed by atoms with Gasteiger partial charge in [0.15, 0.2) is 0 Å². The molecule has 0 bridgehead atoms. The van der Waals surface area contributed by atoms with Gasteiger partial charge in [-0.1, -0.05) is 0 Å². The van der Waals surface area contributed by atoms with Gasteiger partial charge in [-0.25, -0.2) is 0 Å². The Morgan fingerprint density at radius 2 is 2.36 bits per heavy atom. The third-order valence-corrected chi connectivity index (χ3v) is 2.08. The van der Waals surface area contributed by atoms with Gasteiger partial charge in [0, 0.05) is 0 Å². The zero-order valence-electron chi connectivity index (χ0n) is 6.32. The molecule has 1 N–H and O–H groups in total. The average Bonchev–Trinajstić information content (AvgIpc) is 2.50. The van der Waals surface area contributed by atoms with E-state index in [0.717, 1.165) is 6.42 Å². The molecule has 0 fully saturated rings. The number of ether oxygens (including phenoxy) is 1. The molecule has 2 nitrogen and oxygen atoms in total. The molecule has 3 heteroatoms. The second-order valence-corrected chi connectivity index (χ2v) is 3.00. The fourth-order valence-electron chi connectivity index (χ4n) is 0.792. The Hall–Kier alpha value is -0.380. The molecule has 62 valence electrons. The summed E-state index contributed by atoms with van der Waals surface area (Å²) in [5, 5.41) is 12.6. The van der Waals surface area contributed by atoms with Crippen LogP contribution in [-0.4, -0.2) is 24.9 Å². The Morgan fingerprint density at radius 1 is 1.45 bits per heavy atom. The van der Waals surface area contributed by atoms with Crippen LogP contribution >= 0.6 is 11.3 Å². The molecule has 11 heavy (non-hydrogen) atoms. The maximum Gasteiger partial charge on any atom is 0.0697 e. The van der Waals surface area contributed by atoms with Crippen LogP contribution in [0.25, 0.3) is 0 Å². The van der Waals surface area contributed by atoms with Crippen LogP contribution in [0.5, 0.6) is 0 Å². The summed E-state index contributed by atoms with van der Waals surface area (Å²) in [6, 6.07) is 2.09. The van der Waals surface area contributed by atoms with Crippen molar-refractivity contribution in [2.24, 2.45) is 0 Å². The van der Waals surface area contributed by atoms with Crippen LogP contribution in [0.1, 0.15) is 5.56 Å². The predicted octanol–water partition coefficient (Wildman–Crippen LogP) is 1.30. The third-order valence-electron chi connectivity index (χ3n) is 1.35. The molecule has 0 aliphatic carbocycles. The van der Waals surface area contributed by atoms with Crippen LogP contribution in [0, 0.1) is 0 Å². The summed E-state index contributed by atoms with van der Waals surface area (Å²) >= 11 is 1.70. The lowest BCUT2D eigenvalue weighted by molar-refractivity contribution is 0.0945. The van der Waals surface area contributed by atoms with E-state index >= 15 is 0 Å². The number of aliphatic hydroxyl groups excluding tert-OH is 1. The summed E-state index contributed by atoms with van der Waals surface area (Å²) in [7, 11) is 0. The summed E-state index contributed by atoms with van der Waals surface area (Å²) in [5.41, 5.74) is 1.31. The molecule has 1 aromatic heterocycles. The van der Waals surface area contributed by atoms with Gasteiger partial charge < -0.3 is 9.84 Å².